The van der Waals surface area contributed by atoms with Gasteiger partial charge in [-0.05, 0) is 64.3 Å². The van der Waals surface area contributed by atoms with E-state index in [2.05, 4.69) is 31.9 Å². The van der Waals surface area contributed by atoms with Crippen LogP contribution in [0, 0.1) is 11.8 Å². The summed E-state index contributed by atoms with van der Waals surface area (Å²) in [4.78, 5) is 46.8. The molecule has 3 saturated heterocycles. The molecule has 39 heavy (non-hydrogen) atoms. The molecule has 2 unspecified atom stereocenters. The molecule has 1 spiro atoms. The van der Waals surface area contributed by atoms with Crippen molar-refractivity contribution < 1.29 is 29.0 Å². The first kappa shape index (κ1) is 28.8. The Bertz CT molecular complexity index is 1100. The smallest absolute Gasteiger partial charge is 0.312 e. The van der Waals surface area contributed by atoms with Crippen LogP contribution in [0.2, 0.25) is 0 Å². The highest BCUT2D eigenvalue weighted by molar-refractivity contribution is 6.05. The molecule has 4 rings (SSSR count). The Kier molecular flexibility index (Phi) is 8.51. The lowest BCUT2D eigenvalue weighted by atomic mass is 9.66. The average molecular weight is 540 g/mol. The van der Waals surface area contributed by atoms with Crippen LogP contribution >= 0.6 is 0 Å². The second kappa shape index (κ2) is 11.5. The van der Waals surface area contributed by atoms with E-state index in [-0.39, 0.29) is 38.1 Å². The van der Waals surface area contributed by atoms with Gasteiger partial charge in [0.05, 0.1) is 24.7 Å². The van der Waals surface area contributed by atoms with Gasteiger partial charge < -0.3 is 29.3 Å². The molecular weight excluding hydrogens is 498 g/mol. The van der Waals surface area contributed by atoms with Gasteiger partial charge in [-0.2, -0.15) is 0 Å². The lowest BCUT2D eigenvalue weighted by Crippen LogP contribution is -2.56. The minimum absolute atomic E-state index is 0.0331. The molecule has 3 fully saturated rings. The number of carbonyl (C=O) groups is 3. The number of rotatable bonds is 13. The standard InChI is InChI=1S/C30H41N3O6/c1-6-10-20-38-28(37)24-23-26(35)33(18-19-34)25(30(23)16-15-29(24,5)39-30)27(36)32(17-7-2)22-13-11-21(12-14-22)31(8-3)9-4/h6-7,11-14,23-25,34H,1-2,8-10,15-20H2,3-5H3/t23-,24+,25?,29-,30?/m0/s1. The first-order valence-corrected chi connectivity index (χ1v) is 13.9. The van der Waals surface area contributed by atoms with Crippen molar-refractivity contribution in [2.45, 2.75) is 57.3 Å². The molecule has 2 amide bonds. The lowest BCUT2D eigenvalue weighted by molar-refractivity contribution is -0.159. The number of anilines is 2. The molecule has 9 heteroatoms. The van der Waals surface area contributed by atoms with Crippen molar-refractivity contribution in [3.63, 3.8) is 0 Å². The van der Waals surface area contributed by atoms with E-state index in [0.717, 1.165) is 18.8 Å². The van der Waals surface area contributed by atoms with Gasteiger partial charge in [0.15, 0.2) is 0 Å². The fraction of sp³-hybridized carbons (Fsp3) is 0.567. The number of fused-ring (bicyclic) bond motifs is 1. The largest absolute Gasteiger partial charge is 0.465 e. The third kappa shape index (κ3) is 4.76. The highest BCUT2D eigenvalue weighted by Gasteiger charge is 2.78. The summed E-state index contributed by atoms with van der Waals surface area (Å²) in [6.07, 6.45) is 4.79. The molecule has 1 aromatic rings. The van der Waals surface area contributed by atoms with E-state index in [4.69, 9.17) is 9.47 Å². The zero-order chi connectivity index (χ0) is 28.4. The normalized spacial score (nSPS) is 28.8. The van der Waals surface area contributed by atoms with Crippen LogP contribution in [-0.2, 0) is 23.9 Å². The van der Waals surface area contributed by atoms with E-state index in [9.17, 15) is 19.5 Å². The summed E-state index contributed by atoms with van der Waals surface area (Å²) in [5.41, 5.74) is -0.369. The molecule has 9 nitrogen and oxygen atoms in total. The number of aliphatic hydroxyl groups is 1. The molecule has 1 N–H and O–H groups in total. The monoisotopic (exact) mass is 539 g/mol. The maximum atomic E-state index is 14.4. The van der Waals surface area contributed by atoms with E-state index < -0.39 is 35.0 Å². The van der Waals surface area contributed by atoms with Crippen molar-refractivity contribution in [1.82, 2.24) is 4.90 Å². The molecule has 5 atom stereocenters. The molecule has 3 heterocycles. The van der Waals surface area contributed by atoms with Gasteiger partial charge in [-0.25, -0.2) is 0 Å². The number of hydrogen-bond acceptors (Lipinski definition) is 7. The van der Waals surface area contributed by atoms with Crippen molar-refractivity contribution in [3.05, 3.63) is 49.6 Å². The number of benzene rings is 1. The number of ether oxygens (including phenoxy) is 2. The van der Waals surface area contributed by atoms with Crippen molar-refractivity contribution in [2.24, 2.45) is 11.8 Å². The maximum absolute atomic E-state index is 14.4. The van der Waals surface area contributed by atoms with Crippen molar-refractivity contribution in [2.75, 3.05) is 49.2 Å². The van der Waals surface area contributed by atoms with Crippen LogP contribution < -0.4 is 9.80 Å². The van der Waals surface area contributed by atoms with Crippen LogP contribution in [0.1, 0.15) is 40.0 Å². The van der Waals surface area contributed by atoms with Gasteiger partial charge in [-0.1, -0.05) is 12.2 Å². The van der Waals surface area contributed by atoms with E-state index in [1.54, 1.807) is 17.1 Å². The number of likely N-dealkylation sites (tertiary alicyclic amines) is 1. The molecule has 1 aromatic carbocycles. The Labute approximate surface area is 231 Å². The second-order valence-electron chi connectivity index (χ2n) is 10.7. The number of esters is 1. The molecule has 212 valence electrons. The SMILES string of the molecule is C=CCCOC(=O)[C@H]1[C@H]2C(=O)N(CCO)C(C(=O)N(CC=C)c3ccc(N(CC)CC)cc3)C23CC[C@]1(C)O3. The Morgan fingerprint density at radius 2 is 1.82 bits per heavy atom. The van der Waals surface area contributed by atoms with Crippen LogP contribution in [0.5, 0.6) is 0 Å². The maximum Gasteiger partial charge on any atom is 0.312 e. The van der Waals surface area contributed by atoms with Gasteiger partial charge in [-0.3, -0.25) is 14.4 Å². The van der Waals surface area contributed by atoms with Crippen molar-refractivity contribution in [3.8, 4) is 0 Å². The van der Waals surface area contributed by atoms with Crippen LogP contribution in [0.15, 0.2) is 49.6 Å². The number of amides is 2. The first-order chi connectivity index (χ1) is 18.7. The average Bonchev–Trinajstić information content (AvgIpc) is 3.49. The lowest BCUT2D eigenvalue weighted by Gasteiger charge is -2.36. The molecule has 0 aromatic heterocycles. The number of nitrogens with zero attached hydrogens (tertiary/aromatic N) is 3. The summed E-state index contributed by atoms with van der Waals surface area (Å²) in [6, 6.07) is 6.76. The molecule has 0 aliphatic carbocycles. The third-order valence-corrected chi connectivity index (χ3v) is 8.54. The Hall–Kier alpha value is -3.17. The highest BCUT2D eigenvalue weighted by atomic mass is 16.6. The Morgan fingerprint density at radius 1 is 1.15 bits per heavy atom. The van der Waals surface area contributed by atoms with Gasteiger partial charge in [0.1, 0.15) is 17.6 Å². The molecular formula is C30H41N3O6. The van der Waals surface area contributed by atoms with Gasteiger partial charge >= 0.3 is 5.97 Å². The molecule has 0 saturated carbocycles. The first-order valence-electron chi connectivity index (χ1n) is 13.9. The quantitative estimate of drug-likeness (QED) is 0.234. The Morgan fingerprint density at radius 3 is 2.41 bits per heavy atom. The fourth-order valence-corrected chi connectivity index (χ4v) is 6.78. The summed E-state index contributed by atoms with van der Waals surface area (Å²) < 4.78 is 12.1. The molecule has 0 radical (unpaired) electrons. The number of carbonyl (C=O) groups excluding carboxylic acids is 3. The van der Waals surface area contributed by atoms with Crippen molar-refractivity contribution >= 4 is 29.2 Å². The van der Waals surface area contributed by atoms with Gasteiger partial charge in [0, 0.05) is 37.6 Å². The Balaban J connectivity index is 1.71. The fourth-order valence-electron chi connectivity index (χ4n) is 6.78. The van der Waals surface area contributed by atoms with Gasteiger partial charge in [0.2, 0.25) is 5.91 Å². The molecule has 3 aliphatic rings. The summed E-state index contributed by atoms with van der Waals surface area (Å²) in [5, 5.41) is 9.85. The summed E-state index contributed by atoms with van der Waals surface area (Å²) in [5.74, 6) is -2.86. The molecule has 2 bridgehead atoms. The zero-order valence-electron chi connectivity index (χ0n) is 23.3. The molecule has 3 aliphatic heterocycles. The summed E-state index contributed by atoms with van der Waals surface area (Å²) in [6.45, 7) is 15.3. The third-order valence-electron chi connectivity index (χ3n) is 8.54. The van der Waals surface area contributed by atoms with E-state index >= 15 is 0 Å². The van der Waals surface area contributed by atoms with E-state index in [0.29, 0.717) is 24.9 Å². The topological polar surface area (TPSA) is 99.6 Å². The van der Waals surface area contributed by atoms with Crippen LogP contribution in [-0.4, -0.2) is 84.4 Å². The minimum atomic E-state index is -1.18. The minimum Gasteiger partial charge on any atom is -0.465 e. The van der Waals surface area contributed by atoms with E-state index in [1.165, 1.54) is 4.90 Å². The van der Waals surface area contributed by atoms with Crippen LogP contribution in [0.3, 0.4) is 0 Å². The van der Waals surface area contributed by atoms with Crippen molar-refractivity contribution in [1.29, 1.82) is 0 Å². The van der Waals surface area contributed by atoms with Crippen LogP contribution in [0.25, 0.3) is 0 Å². The van der Waals surface area contributed by atoms with Gasteiger partial charge in [0.25, 0.3) is 5.91 Å². The number of hydrogen-bond donors (Lipinski definition) is 1. The van der Waals surface area contributed by atoms with Crippen LogP contribution in [0.4, 0.5) is 11.4 Å². The predicted molar refractivity (Wildman–Crippen MR) is 149 cm³/mol. The van der Waals surface area contributed by atoms with E-state index in [1.807, 2.05) is 31.2 Å². The summed E-state index contributed by atoms with van der Waals surface area (Å²) in [7, 11) is 0. The number of β-amino-alcohol motifs (C(OH)–C–C–N with tert-alkyl or cyclic N) is 1. The zero-order valence-corrected chi connectivity index (χ0v) is 23.3. The highest BCUT2D eigenvalue weighted by Crippen LogP contribution is 2.63. The van der Waals surface area contributed by atoms with Gasteiger partial charge in [-0.15, -0.1) is 13.2 Å². The predicted octanol–water partition coefficient (Wildman–Crippen LogP) is 2.93. The second-order valence-corrected chi connectivity index (χ2v) is 10.7. The summed E-state index contributed by atoms with van der Waals surface area (Å²) >= 11 is 0. The number of aliphatic hydroxyl groups excluding tert-OH is 1.